The van der Waals surface area contributed by atoms with Crippen LogP contribution in [0, 0.1) is 11.6 Å². The Morgan fingerprint density at radius 3 is 2.15 bits per heavy atom. The van der Waals surface area contributed by atoms with Gasteiger partial charge in [0.25, 0.3) is 0 Å². The Kier molecular flexibility index (Phi) is 9.78. The van der Waals surface area contributed by atoms with Crippen LogP contribution in [0.5, 0.6) is 5.75 Å². The molecule has 5 aromatic heterocycles. The number of ether oxygens (including phenoxy) is 2. The first kappa shape index (κ1) is 34.7. The molecule has 0 bridgehead atoms. The van der Waals surface area contributed by atoms with Crippen LogP contribution >= 0.6 is 27.5 Å². The Morgan fingerprint density at radius 2 is 1.34 bits per heavy atom. The molecule has 8 rings (SSSR count). The number of morpholine rings is 2. The molecule has 1 N–H and O–H groups in total. The Bertz CT molecular complexity index is 2320. The molecule has 0 saturated carbocycles. The van der Waals surface area contributed by atoms with Crippen molar-refractivity contribution in [3.63, 3.8) is 0 Å². The predicted octanol–water partition coefficient (Wildman–Crippen LogP) is 5.72. The number of nitrogens with zero attached hydrogens (tertiary/aromatic N) is 11. The highest BCUT2D eigenvalue weighted by molar-refractivity contribution is 9.10. The quantitative estimate of drug-likeness (QED) is 0.209. The number of phenols is 1. The number of phenolic OH excluding ortho intramolecular Hbond substituents is 1. The van der Waals surface area contributed by atoms with Crippen LogP contribution in [0.3, 0.4) is 0 Å². The van der Waals surface area contributed by atoms with E-state index in [2.05, 4.69) is 60.8 Å². The van der Waals surface area contributed by atoms with Gasteiger partial charge in [-0.05, 0) is 42.0 Å². The second kappa shape index (κ2) is 14.9. The van der Waals surface area contributed by atoms with Gasteiger partial charge in [0, 0.05) is 49.2 Å². The van der Waals surface area contributed by atoms with Crippen LogP contribution < -0.4 is 9.80 Å². The van der Waals surface area contributed by atoms with Gasteiger partial charge in [-0.3, -0.25) is 4.98 Å². The average molecular weight is 803 g/mol. The van der Waals surface area contributed by atoms with Crippen LogP contribution in [0.25, 0.3) is 45.9 Å². The maximum atomic E-state index is 15.3. The van der Waals surface area contributed by atoms with Gasteiger partial charge in [0.1, 0.15) is 17.5 Å². The van der Waals surface area contributed by atoms with Crippen molar-refractivity contribution in [1.82, 2.24) is 44.9 Å². The minimum Gasteiger partial charge on any atom is -0.506 e. The molecule has 1 atom stereocenters. The zero-order valence-corrected chi connectivity index (χ0v) is 29.9. The van der Waals surface area contributed by atoms with Gasteiger partial charge in [0.2, 0.25) is 0 Å². The Balaban J connectivity index is 1.03. The molecule has 268 valence electrons. The summed E-state index contributed by atoms with van der Waals surface area (Å²) in [6.07, 6.45) is 6.47. The van der Waals surface area contributed by atoms with E-state index in [-0.39, 0.29) is 52.3 Å². The number of halogens is 4. The van der Waals surface area contributed by atoms with Crippen molar-refractivity contribution in [2.24, 2.45) is 0 Å². The molecule has 0 spiro atoms. The summed E-state index contributed by atoms with van der Waals surface area (Å²) >= 11 is 9.53. The van der Waals surface area contributed by atoms with E-state index in [4.69, 9.17) is 21.1 Å². The highest BCUT2D eigenvalue weighted by Gasteiger charge is 2.27. The Hall–Kier alpha value is -5.36. The van der Waals surface area contributed by atoms with Crippen LogP contribution in [0.4, 0.5) is 20.4 Å². The first-order valence-corrected chi connectivity index (χ1v) is 17.5. The largest absolute Gasteiger partial charge is 0.506 e. The van der Waals surface area contributed by atoms with Crippen LogP contribution in [0.15, 0.2) is 71.9 Å². The second-order valence-corrected chi connectivity index (χ2v) is 13.2. The minimum absolute atomic E-state index is 0.0854. The second-order valence-electron chi connectivity index (χ2n) is 11.9. The number of benzene rings is 1. The van der Waals surface area contributed by atoms with E-state index in [0.29, 0.717) is 66.6 Å². The van der Waals surface area contributed by atoms with E-state index in [1.54, 1.807) is 46.5 Å². The Morgan fingerprint density at radius 1 is 0.698 bits per heavy atom. The number of hydrogen-bond donors (Lipinski definition) is 1. The molecule has 1 aromatic carbocycles. The van der Waals surface area contributed by atoms with Gasteiger partial charge in [-0.1, -0.05) is 27.5 Å². The molecular formula is C35H27BrClF2N11O3. The molecule has 7 heterocycles. The maximum Gasteiger partial charge on any atom is 0.199 e. The Labute approximate surface area is 314 Å². The third-order valence-corrected chi connectivity index (χ3v) is 9.30. The highest BCUT2D eigenvalue weighted by Crippen LogP contribution is 2.37. The van der Waals surface area contributed by atoms with Gasteiger partial charge in [-0.2, -0.15) is 0 Å². The van der Waals surface area contributed by atoms with Gasteiger partial charge in [-0.25, -0.2) is 48.7 Å². The SMILES string of the molecule is Oc1c(Cl)cc(Br)cc1-c1nccc(-c2ncc(F)c(N3CCOC(c4ccnc(-c5ccnc(-c6ncc(F)c(N7CCOCC7)n6)n5)c4)C3)n2)n1. The van der Waals surface area contributed by atoms with Gasteiger partial charge in [-0.15, -0.1) is 0 Å². The number of pyridine rings is 1. The molecule has 6 aromatic rings. The van der Waals surface area contributed by atoms with Crippen molar-refractivity contribution < 1.29 is 23.4 Å². The molecule has 2 aliphatic heterocycles. The van der Waals surface area contributed by atoms with E-state index in [9.17, 15) is 9.50 Å². The zero-order chi connectivity index (χ0) is 36.5. The van der Waals surface area contributed by atoms with Crippen LogP contribution in [0.1, 0.15) is 11.7 Å². The number of anilines is 2. The van der Waals surface area contributed by atoms with Crippen LogP contribution in [-0.2, 0) is 9.47 Å². The van der Waals surface area contributed by atoms with Crippen LogP contribution in [-0.4, -0.2) is 96.0 Å². The van der Waals surface area contributed by atoms with Crippen LogP contribution in [0.2, 0.25) is 5.02 Å². The lowest BCUT2D eigenvalue weighted by molar-refractivity contribution is 0.0392. The van der Waals surface area contributed by atoms with Gasteiger partial charge in [0.05, 0.1) is 54.2 Å². The average Bonchev–Trinajstić information content (AvgIpc) is 3.20. The fourth-order valence-corrected chi connectivity index (χ4v) is 6.76. The lowest BCUT2D eigenvalue weighted by Gasteiger charge is -2.34. The normalized spacial score (nSPS) is 16.2. The number of aromatic hydroxyl groups is 1. The summed E-state index contributed by atoms with van der Waals surface area (Å²) in [7, 11) is 0. The summed E-state index contributed by atoms with van der Waals surface area (Å²) in [6.45, 7) is 2.92. The zero-order valence-electron chi connectivity index (χ0n) is 27.6. The van der Waals surface area contributed by atoms with E-state index in [1.165, 1.54) is 6.20 Å². The molecule has 53 heavy (non-hydrogen) atoms. The summed E-state index contributed by atoms with van der Waals surface area (Å²) in [5, 5.41) is 10.7. The van der Waals surface area contributed by atoms with Gasteiger partial charge in [0.15, 0.2) is 46.6 Å². The predicted molar refractivity (Wildman–Crippen MR) is 193 cm³/mol. The van der Waals surface area contributed by atoms with Crippen molar-refractivity contribution in [1.29, 1.82) is 0 Å². The topological polar surface area (TPSA) is 161 Å². The third kappa shape index (κ3) is 7.33. The summed E-state index contributed by atoms with van der Waals surface area (Å²) < 4.78 is 42.2. The third-order valence-electron chi connectivity index (χ3n) is 8.56. The number of aromatic nitrogens is 9. The van der Waals surface area contributed by atoms with Crippen molar-refractivity contribution in [2.75, 3.05) is 55.8 Å². The molecule has 0 amide bonds. The molecule has 2 saturated heterocycles. The van der Waals surface area contributed by atoms with E-state index < -0.39 is 17.7 Å². The summed E-state index contributed by atoms with van der Waals surface area (Å²) in [5.41, 5.74) is 2.45. The van der Waals surface area contributed by atoms with E-state index >= 15 is 4.39 Å². The molecule has 2 fully saturated rings. The number of hydrogen-bond acceptors (Lipinski definition) is 14. The fraction of sp³-hybridized carbons (Fsp3) is 0.229. The maximum absolute atomic E-state index is 15.3. The lowest BCUT2D eigenvalue weighted by atomic mass is 10.1. The first-order valence-electron chi connectivity index (χ1n) is 16.4. The smallest absolute Gasteiger partial charge is 0.199 e. The lowest BCUT2D eigenvalue weighted by Crippen LogP contribution is -2.39. The van der Waals surface area contributed by atoms with E-state index in [1.807, 2.05) is 12.1 Å². The monoisotopic (exact) mass is 801 g/mol. The fourth-order valence-electron chi connectivity index (χ4n) is 5.96. The minimum atomic E-state index is -0.608. The van der Waals surface area contributed by atoms with E-state index in [0.717, 1.165) is 18.0 Å². The molecular weight excluding hydrogens is 776 g/mol. The molecule has 1 unspecified atom stereocenters. The van der Waals surface area contributed by atoms with Crippen molar-refractivity contribution >= 4 is 39.2 Å². The number of rotatable bonds is 7. The molecule has 14 nitrogen and oxygen atoms in total. The van der Waals surface area contributed by atoms with Gasteiger partial charge >= 0.3 is 0 Å². The van der Waals surface area contributed by atoms with Gasteiger partial charge < -0.3 is 24.4 Å². The standard InChI is InChI=1S/C35H27BrClF2N11O3/c36-20-14-21(29(51)22(37)15-20)30-41-6-3-26(46-30)31-43-16-24(39)35(47-31)50-9-12-53-28(18-50)19-1-4-40-27(13-19)25-2-5-42-32(45-25)33-44-17-23(38)34(48-33)49-7-10-52-11-8-49/h1-6,13-17,28,51H,7-12,18H2. The highest BCUT2D eigenvalue weighted by atomic mass is 79.9. The summed E-state index contributed by atoms with van der Waals surface area (Å²) in [4.78, 5) is 43.3. The first-order chi connectivity index (χ1) is 25.8. The molecule has 0 radical (unpaired) electrons. The van der Waals surface area contributed by atoms with Crippen molar-refractivity contribution in [3.8, 4) is 51.7 Å². The molecule has 2 aliphatic rings. The van der Waals surface area contributed by atoms with Crippen molar-refractivity contribution in [3.05, 3.63) is 94.1 Å². The molecule has 18 heteroatoms. The summed E-state index contributed by atoms with van der Waals surface area (Å²) in [5.74, 6) is -0.306. The van der Waals surface area contributed by atoms with Crippen molar-refractivity contribution in [2.45, 2.75) is 6.10 Å². The summed E-state index contributed by atoms with van der Waals surface area (Å²) in [6, 6.07) is 10.2. The molecule has 0 aliphatic carbocycles.